The molecule has 2 aliphatic rings. The van der Waals surface area contributed by atoms with Crippen molar-refractivity contribution < 1.29 is 4.79 Å². The number of amides is 1. The maximum atomic E-state index is 13.0. The number of pyridine rings is 2. The summed E-state index contributed by atoms with van der Waals surface area (Å²) < 4.78 is 0. The van der Waals surface area contributed by atoms with Gasteiger partial charge in [-0.1, -0.05) is 18.6 Å². The number of aromatic amines is 1. The number of fused-ring (bicyclic) bond motifs is 2. The number of carbonyl (C=O) groups excluding carboxylic acids is 1. The van der Waals surface area contributed by atoms with Gasteiger partial charge in [0.15, 0.2) is 0 Å². The predicted molar refractivity (Wildman–Crippen MR) is 149 cm³/mol. The lowest BCUT2D eigenvalue weighted by atomic mass is 10.1. The van der Waals surface area contributed by atoms with E-state index < -0.39 is 0 Å². The van der Waals surface area contributed by atoms with Gasteiger partial charge in [0.2, 0.25) is 0 Å². The monoisotopic (exact) mass is 497 g/mol. The summed E-state index contributed by atoms with van der Waals surface area (Å²) in [5.41, 5.74) is 5.50. The Bertz CT molecular complexity index is 1390. The van der Waals surface area contributed by atoms with Crippen LogP contribution in [0, 0.1) is 0 Å². The van der Waals surface area contributed by atoms with Crippen molar-refractivity contribution >= 4 is 33.4 Å². The summed E-state index contributed by atoms with van der Waals surface area (Å²) in [6.45, 7) is 7.68. The van der Waals surface area contributed by atoms with Gasteiger partial charge in [0.1, 0.15) is 5.69 Å². The van der Waals surface area contributed by atoms with Gasteiger partial charge in [0.25, 0.3) is 5.91 Å². The Morgan fingerprint density at radius 3 is 2.73 bits per heavy atom. The van der Waals surface area contributed by atoms with Gasteiger partial charge in [0, 0.05) is 72.7 Å². The SMILES string of the molecule is O=C(c1cc2ccc(-c3cc(NCCCN4CCCCC4)c4cnccc4n3)cc2[nH]1)N1CCNCC1. The van der Waals surface area contributed by atoms with E-state index in [4.69, 9.17) is 4.98 Å². The summed E-state index contributed by atoms with van der Waals surface area (Å²) >= 11 is 0. The Morgan fingerprint density at radius 2 is 1.86 bits per heavy atom. The molecule has 4 aromatic rings. The fourth-order valence-electron chi connectivity index (χ4n) is 5.51. The Morgan fingerprint density at radius 1 is 1.00 bits per heavy atom. The number of piperazine rings is 1. The molecule has 3 N–H and O–H groups in total. The van der Waals surface area contributed by atoms with Crippen LogP contribution in [0.3, 0.4) is 0 Å². The molecule has 0 aliphatic carbocycles. The van der Waals surface area contributed by atoms with Crippen molar-refractivity contribution in [2.24, 2.45) is 0 Å². The zero-order valence-electron chi connectivity index (χ0n) is 21.3. The van der Waals surface area contributed by atoms with Crippen molar-refractivity contribution in [2.75, 3.05) is 57.7 Å². The lowest BCUT2D eigenvalue weighted by molar-refractivity contribution is 0.0731. The molecule has 192 valence electrons. The summed E-state index contributed by atoms with van der Waals surface area (Å²) in [5.74, 6) is 0.0617. The molecule has 3 aromatic heterocycles. The Labute approximate surface area is 217 Å². The average Bonchev–Trinajstić information content (AvgIpc) is 3.39. The molecule has 6 rings (SSSR count). The van der Waals surface area contributed by atoms with Crippen molar-refractivity contribution in [3.63, 3.8) is 0 Å². The van der Waals surface area contributed by atoms with Crippen LogP contribution >= 0.6 is 0 Å². The molecule has 1 aromatic carbocycles. The van der Waals surface area contributed by atoms with Gasteiger partial charge in [-0.3, -0.25) is 9.78 Å². The fraction of sp³-hybridized carbons (Fsp3) is 0.414. The van der Waals surface area contributed by atoms with Crippen LogP contribution in [0.5, 0.6) is 0 Å². The molecule has 0 atom stereocenters. The smallest absolute Gasteiger partial charge is 0.270 e. The first-order chi connectivity index (χ1) is 18.2. The number of hydrogen-bond donors (Lipinski definition) is 3. The molecular formula is C29H35N7O. The second kappa shape index (κ2) is 10.9. The van der Waals surface area contributed by atoms with Crippen LogP contribution in [0.1, 0.15) is 36.2 Å². The summed E-state index contributed by atoms with van der Waals surface area (Å²) in [7, 11) is 0. The number of rotatable bonds is 7. The van der Waals surface area contributed by atoms with E-state index in [0.29, 0.717) is 5.69 Å². The number of H-pyrrole nitrogens is 1. The van der Waals surface area contributed by atoms with E-state index in [1.54, 1.807) is 6.20 Å². The van der Waals surface area contributed by atoms with Crippen LogP contribution in [-0.2, 0) is 0 Å². The number of piperidine rings is 1. The van der Waals surface area contributed by atoms with Gasteiger partial charge in [-0.15, -0.1) is 0 Å². The second-order valence-electron chi connectivity index (χ2n) is 10.2. The maximum absolute atomic E-state index is 13.0. The fourth-order valence-corrected chi connectivity index (χ4v) is 5.51. The second-order valence-corrected chi connectivity index (χ2v) is 10.2. The van der Waals surface area contributed by atoms with Gasteiger partial charge < -0.3 is 25.4 Å². The van der Waals surface area contributed by atoms with E-state index in [1.807, 2.05) is 23.2 Å². The van der Waals surface area contributed by atoms with Crippen LogP contribution in [0.2, 0.25) is 0 Å². The molecule has 5 heterocycles. The van der Waals surface area contributed by atoms with Gasteiger partial charge in [-0.05, 0) is 63.2 Å². The Kier molecular flexibility index (Phi) is 7.01. The van der Waals surface area contributed by atoms with Crippen molar-refractivity contribution in [2.45, 2.75) is 25.7 Å². The molecule has 0 spiro atoms. The molecule has 0 bridgehead atoms. The largest absolute Gasteiger partial charge is 0.384 e. The third kappa shape index (κ3) is 5.31. The normalized spacial score (nSPS) is 16.9. The third-order valence-corrected chi connectivity index (χ3v) is 7.58. The van der Waals surface area contributed by atoms with Crippen LogP contribution < -0.4 is 10.6 Å². The number of hydrogen-bond acceptors (Lipinski definition) is 6. The summed E-state index contributed by atoms with van der Waals surface area (Å²) in [4.78, 5) is 30.1. The number of carbonyl (C=O) groups is 1. The van der Waals surface area contributed by atoms with Crippen LogP contribution in [-0.4, -0.2) is 83.0 Å². The van der Waals surface area contributed by atoms with Crippen LogP contribution in [0.25, 0.3) is 33.1 Å². The molecule has 0 saturated carbocycles. The number of nitrogens with one attached hydrogen (secondary N) is 3. The molecule has 1 amide bonds. The number of nitrogens with zero attached hydrogens (tertiary/aromatic N) is 4. The predicted octanol–water partition coefficient (Wildman–Crippen LogP) is 4.11. The minimum atomic E-state index is 0.0617. The van der Waals surface area contributed by atoms with E-state index in [2.05, 4.69) is 49.8 Å². The number of likely N-dealkylation sites (tertiary alicyclic amines) is 1. The van der Waals surface area contributed by atoms with E-state index in [1.165, 1.54) is 32.4 Å². The molecule has 8 nitrogen and oxygen atoms in total. The average molecular weight is 498 g/mol. The van der Waals surface area contributed by atoms with Crippen molar-refractivity contribution in [3.05, 3.63) is 54.5 Å². The highest BCUT2D eigenvalue weighted by atomic mass is 16.2. The Hall–Kier alpha value is -3.49. The maximum Gasteiger partial charge on any atom is 0.270 e. The first-order valence-corrected chi connectivity index (χ1v) is 13.6. The van der Waals surface area contributed by atoms with Gasteiger partial charge in [-0.25, -0.2) is 4.98 Å². The molecule has 0 radical (unpaired) electrons. The van der Waals surface area contributed by atoms with Gasteiger partial charge in [-0.2, -0.15) is 0 Å². The quantitative estimate of drug-likeness (QED) is 0.333. The first kappa shape index (κ1) is 23.9. The molecule has 37 heavy (non-hydrogen) atoms. The number of benzene rings is 1. The van der Waals surface area contributed by atoms with Crippen LogP contribution in [0.4, 0.5) is 5.69 Å². The lowest BCUT2D eigenvalue weighted by Gasteiger charge is -2.26. The topological polar surface area (TPSA) is 89.2 Å². The summed E-state index contributed by atoms with van der Waals surface area (Å²) in [6.07, 6.45) is 8.82. The highest BCUT2D eigenvalue weighted by molar-refractivity contribution is 5.99. The van der Waals surface area contributed by atoms with Crippen molar-refractivity contribution in [1.29, 1.82) is 0 Å². The molecule has 2 aliphatic heterocycles. The van der Waals surface area contributed by atoms with Gasteiger partial charge >= 0.3 is 0 Å². The zero-order valence-corrected chi connectivity index (χ0v) is 21.3. The van der Waals surface area contributed by atoms with Gasteiger partial charge in [0.05, 0.1) is 11.2 Å². The highest BCUT2D eigenvalue weighted by Crippen LogP contribution is 2.30. The zero-order chi connectivity index (χ0) is 25.0. The summed E-state index contributed by atoms with van der Waals surface area (Å²) in [6, 6.07) is 12.3. The van der Waals surface area contributed by atoms with E-state index in [9.17, 15) is 4.79 Å². The van der Waals surface area contributed by atoms with E-state index in [-0.39, 0.29) is 5.91 Å². The van der Waals surface area contributed by atoms with Crippen LogP contribution in [0.15, 0.2) is 48.8 Å². The third-order valence-electron chi connectivity index (χ3n) is 7.58. The van der Waals surface area contributed by atoms with Crippen molar-refractivity contribution in [3.8, 4) is 11.3 Å². The standard InChI is InChI=1S/C29H35N7O/c37-29(36-15-10-30-11-16-36)28-18-22-6-5-21(17-25(22)34-28)26-19-27(23-20-31-9-7-24(23)33-26)32-8-4-14-35-12-2-1-3-13-35/h5-7,9,17-20,30,34H,1-4,8,10-16H2,(H,32,33). The Balaban J connectivity index is 1.23. The highest BCUT2D eigenvalue weighted by Gasteiger charge is 2.20. The molecule has 2 fully saturated rings. The van der Waals surface area contributed by atoms with Crippen molar-refractivity contribution in [1.82, 2.24) is 30.1 Å². The minimum absolute atomic E-state index is 0.0617. The molecule has 2 saturated heterocycles. The molecule has 0 unspecified atom stereocenters. The number of aromatic nitrogens is 3. The molecule has 8 heteroatoms. The summed E-state index contributed by atoms with van der Waals surface area (Å²) in [5, 5.41) is 9.03. The number of anilines is 1. The van der Waals surface area contributed by atoms with E-state index in [0.717, 1.165) is 84.4 Å². The molecular weight excluding hydrogens is 462 g/mol. The van der Waals surface area contributed by atoms with E-state index >= 15 is 0 Å². The minimum Gasteiger partial charge on any atom is -0.384 e. The first-order valence-electron chi connectivity index (χ1n) is 13.6. The lowest BCUT2D eigenvalue weighted by Crippen LogP contribution is -2.46.